The first kappa shape index (κ1) is 16.6. The first-order chi connectivity index (χ1) is 11.6. The zero-order valence-corrected chi connectivity index (χ0v) is 14.8. The maximum Gasteiger partial charge on any atom is 0.236 e. The van der Waals surface area contributed by atoms with Crippen molar-refractivity contribution in [2.24, 2.45) is 0 Å². The van der Waals surface area contributed by atoms with Crippen LogP contribution in [0.3, 0.4) is 0 Å². The van der Waals surface area contributed by atoms with Crippen molar-refractivity contribution < 1.29 is 9.32 Å². The van der Waals surface area contributed by atoms with Crippen molar-refractivity contribution in [3.05, 3.63) is 41.8 Å². The molecule has 0 aliphatic carbocycles. The number of carbonyl (C=O) groups is 1. The molecule has 124 valence electrons. The summed E-state index contributed by atoms with van der Waals surface area (Å²) >= 11 is 2.84. The maximum atomic E-state index is 12.0. The number of thioether (sulfide) groups is 1. The van der Waals surface area contributed by atoms with E-state index in [4.69, 9.17) is 4.52 Å². The van der Waals surface area contributed by atoms with Gasteiger partial charge in [0.2, 0.25) is 11.8 Å². The average Bonchev–Trinajstić information content (AvgIpc) is 3.14. The van der Waals surface area contributed by atoms with Crippen LogP contribution in [0.15, 0.2) is 28.9 Å². The Labute approximate surface area is 146 Å². The van der Waals surface area contributed by atoms with Gasteiger partial charge < -0.3 is 9.84 Å². The van der Waals surface area contributed by atoms with Crippen LogP contribution in [0.2, 0.25) is 0 Å². The lowest BCUT2D eigenvalue weighted by atomic mass is 10.3. The minimum Gasteiger partial charge on any atom is -0.340 e. The maximum absolute atomic E-state index is 12.0. The molecule has 3 aromatic heterocycles. The van der Waals surface area contributed by atoms with Gasteiger partial charge in [0, 0.05) is 13.1 Å². The normalized spacial score (nSPS) is 10.8. The van der Waals surface area contributed by atoms with E-state index in [9.17, 15) is 4.79 Å². The third kappa shape index (κ3) is 4.18. The number of hydrogen-bond donors (Lipinski definition) is 1. The van der Waals surface area contributed by atoms with E-state index in [2.05, 4.69) is 25.4 Å². The van der Waals surface area contributed by atoms with Gasteiger partial charge in [0.15, 0.2) is 11.0 Å². The third-order valence-electron chi connectivity index (χ3n) is 2.97. The zero-order valence-electron chi connectivity index (χ0n) is 13.1. The van der Waals surface area contributed by atoms with Gasteiger partial charge in [-0.05, 0) is 19.1 Å². The average molecular weight is 361 g/mol. The monoisotopic (exact) mass is 361 g/mol. The summed E-state index contributed by atoms with van der Waals surface area (Å²) in [6, 6.07) is 5.72. The molecule has 9 heteroatoms. The molecule has 7 nitrogen and oxygen atoms in total. The van der Waals surface area contributed by atoms with Gasteiger partial charge in [-0.2, -0.15) is 4.98 Å². The minimum absolute atomic E-state index is 0.110. The number of nitrogens with zero attached hydrogens (tertiary/aromatic N) is 4. The molecule has 0 saturated carbocycles. The first-order valence-electron chi connectivity index (χ1n) is 7.17. The van der Waals surface area contributed by atoms with Crippen molar-refractivity contribution in [1.29, 1.82) is 0 Å². The molecule has 0 aliphatic rings. The van der Waals surface area contributed by atoms with E-state index in [-0.39, 0.29) is 5.91 Å². The van der Waals surface area contributed by atoms with Crippen LogP contribution in [0.5, 0.6) is 0 Å². The molecule has 0 atom stereocenters. The smallest absolute Gasteiger partial charge is 0.236 e. The molecule has 3 aromatic rings. The van der Waals surface area contributed by atoms with Crippen molar-refractivity contribution in [2.75, 3.05) is 11.1 Å². The molecule has 3 heterocycles. The number of aromatic nitrogens is 4. The number of nitrogens with one attached hydrogen (secondary N) is 1. The molecular weight excluding hydrogens is 346 g/mol. The number of aryl methyl sites for hydroxylation is 2. The molecule has 0 bridgehead atoms. The number of amides is 1. The second kappa shape index (κ2) is 7.54. The molecule has 0 aromatic carbocycles. The van der Waals surface area contributed by atoms with E-state index < -0.39 is 0 Å². The Kier molecular flexibility index (Phi) is 5.21. The SMILES string of the molecule is Cc1nc(CSCC(=O)Nc2nc(C)c(-c3ccccn3)s2)no1. The second-order valence-corrected chi connectivity index (χ2v) is 6.90. The van der Waals surface area contributed by atoms with Gasteiger partial charge in [-0.1, -0.05) is 22.6 Å². The van der Waals surface area contributed by atoms with Gasteiger partial charge >= 0.3 is 0 Å². The van der Waals surface area contributed by atoms with Crippen LogP contribution >= 0.6 is 23.1 Å². The van der Waals surface area contributed by atoms with Gasteiger partial charge in [0.05, 0.1) is 27.8 Å². The summed E-state index contributed by atoms with van der Waals surface area (Å²) in [7, 11) is 0. The van der Waals surface area contributed by atoms with E-state index in [0.29, 0.717) is 28.4 Å². The Hall–Kier alpha value is -2.26. The van der Waals surface area contributed by atoms with E-state index in [1.807, 2.05) is 25.1 Å². The largest absolute Gasteiger partial charge is 0.340 e. The molecule has 3 rings (SSSR count). The number of rotatable bonds is 6. The van der Waals surface area contributed by atoms with Crippen molar-refractivity contribution in [3.63, 3.8) is 0 Å². The fourth-order valence-electron chi connectivity index (χ4n) is 1.97. The van der Waals surface area contributed by atoms with Crippen LogP contribution in [0.4, 0.5) is 5.13 Å². The minimum atomic E-state index is -0.110. The molecule has 1 amide bonds. The summed E-state index contributed by atoms with van der Waals surface area (Å²) in [5.74, 6) is 1.83. The van der Waals surface area contributed by atoms with Crippen LogP contribution in [0, 0.1) is 13.8 Å². The van der Waals surface area contributed by atoms with E-state index >= 15 is 0 Å². The summed E-state index contributed by atoms with van der Waals surface area (Å²) in [5.41, 5.74) is 1.71. The summed E-state index contributed by atoms with van der Waals surface area (Å²) < 4.78 is 4.89. The van der Waals surface area contributed by atoms with Gasteiger partial charge in [-0.3, -0.25) is 9.78 Å². The van der Waals surface area contributed by atoms with E-state index in [0.717, 1.165) is 16.3 Å². The van der Waals surface area contributed by atoms with Crippen LogP contribution in [0.1, 0.15) is 17.4 Å². The number of thiazole rings is 1. The molecule has 0 radical (unpaired) electrons. The van der Waals surface area contributed by atoms with Crippen molar-refractivity contribution in [3.8, 4) is 10.6 Å². The Balaban J connectivity index is 1.55. The highest BCUT2D eigenvalue weighted by atomic mass is 32.2. The van der Waals surface area contributed by atoms with Gasteiger partial charge in [0.1, 0.15) is 0 Å². The van der Waals surface area contributed by atoms with Crippen LogP contribution < -0.4 is 5.32 Å². The predicted molar refractivity (Wildman–Crippen MR) is 93.9 cm³/mol. The lowest BCUT2D eigenvalue weighted by Gasteiger charge is -2.00. The summed E-state index contributed by atoms with van der Waals surface area (Å²) in [6.45, 7) is 3.64. The van der Waals surface area contributed by atoms with Crippen molar-refractivity contribution in [2.45, 2.75) is 19.6 Å². The highest BCUT2D eigenvalue weighted by Gasteiger charge is 2.13. The van der Waals surface area contributed by atoms with E-state index in [1.54, 1.807) is 13.1 Å². The van der Waals surface area contributed by atoms with Crippen LogP contribution in [0.25, 0.3) is 10.6 Å². The van der Waals surface area contributed by atoms with Crippen molar-refractivity contribution in [1.82, 2.24) is 20.1 Å². The Bertz CT molecular complexity index is 832. The van der Waals surface area contributed by atoms with Gasteiger partial charge in [0.25, 0.3) is 0 Å². The first-order valence-corrected chi connectivity index (χ1v) is 9.14. The lowest BCUT2D eigenvalue weighted by molar-refractivity contribution is -0.113. The lowest BCUT2D eigenvalue weighted by Crippen LogP contribution is -2.14. The summed E-state index contributed by atoms with van der Waals surface area (Å²) in [4.78, 5) is 25.8. The van der Waals surface area contributed by atoms with E-state index in [1.165, 1.54) is 23.1 Å². The number of pyridine rings is 1. The number of anilines is 1. The predicted octanol–water partition coefficient (Wildman–Crippen LogP) is 3.08. The molecule has 0 unspecified atom stereocenters. The number of hydrogen-bond acceptors (Lipinski definition) is 8. The third-order valence-corrected chi connectivity index (χ3v) is 5.00. The van der Waals surface area contributed by atoms with Crippen LogP contribution in [-0.4, -0.2) is 31.8 Å². The van der Waals surface area contributed by atoms with Crippen LogP contribution in [-0.2, 0) is 10.5 Å². The van der Waals surface area contributed by atoms with Gasteiger partial charge in [-0.25, -0.2) is 4.98 Å². The molecule has 1 N–H and O–H groups in total. The second-order valence-electron chi connectivity index (χ2n) is 4.92. The van der Waals surface area contributed by atoms with Gasteiger partial charge in [-0.15, -0.1) is 11.8 Å². The molecule has 0 saturated heterocycles. The fraction of sp³-hybridized carbons (Fsp3) is 0.267. The Morgan fingerprint density at radius 3 is 2.92 bits per heavy atom. The quantitative estimate of drug-likeness (QED) is 0.721. The highest BCUT2D eigenvalue weighted by molar-refractivity contribution is 7.99. The standard InChI is InChI=1S/C15H15N5O2S2/c1-9-14(11-5-3-4-6-16-11)24-15(17-9)19-13(21)8-23-7-12-18-10(2)22-20-12/h3-6H,7-8H2,1-2H3,(H,17,19,21). The molecule has 24 heavy (non-hydrogen) atoms. The number of carbonyl (C=O) groups excluding carboxylic acids is 1. The molecule has 0 spiro atoms. The Morgan fingerprint density at radius 1 is 1.33 bits per heavy atom. The molecule has 0 aliphatic heterocycles. The highest BCUT2D eigenvalue weighted by Crippen LogP contribution is 2.31. The molecule has 0 fully saturated rings. The Morgan fingerprint density at radius 2 is 2.21 bits per heavy atom. The van der Waals surface area contributed by atoms with Crippen molar-refractivity contribution >= 4 is 34.1 Å². The zero-order chi connectivity index (χ0) is 16.9. The molecular formula is C15H15N5O2S2. The topological polar surface area (TPSA) is 93.8 Å². The summed E-state index contributed by atoms with van der Waals surface area (Å²) in [5, 5.41) is 7.19. The fourth-order valence-corrected chi connectivity index (χ4v) is 3.59. The summed E-state index contributed by atoms with van der Waals surface area (Å²) in [6.07, 6.45) is 1.74.